The second-order valence-electron chi connectivity index (χ2n) is 1.51. The molecular formula is C5H4BrNO2. The lowest BCUT2D eigenvalue weighted by Crippen LogP contribution is -1.96. The number of aromatic nitrogens is 1. The van der Waals surface area contributed by atoms with Gasteiger partial charge in [0, 0.05) is 10.7 Å². The molecule has 48 valence electrons. The highest BCUT2D eigenvalue weighted by Crippen LogP contribution is 2.13. The molecule has 1 heterocycles. The third kappa shape index (κ3) is 1.13. The molecule has 9 heavy (non-hydrogen) atoms. The summed E-state index contributed by atoms with van der Waals surface area (Å²) >= 11 is 3.05. The summed E-state index contributed by atoms with van der Waals surface area (Å²) in [4.78, 5) is 12.8. The van der Waals surface area contributed by atoms with Crippen LogP contribution >= 0.6 is 15.9 Å². The van der Waals surface area contributed by atoms with Gasteiger partial charge in [0.2, 0.25) is 0 Å². The largest absolute Gasteiger partial charge is 0.477 e. The van der Waals surface area contributed by atoms with Crippen LogP contribution in [0.5, 0.6) is 0 Å². The molecule has 0 saturated carbocycles. The number of hydrogen-bond acceptors (Lipinski definition) is 1. The summed E-state index contributed by atoms with van der Waals surface area (Å²) in [5, 5.41) is 8.39. The van der Waals surface area contributed by atoms with Crippen molar-refractivity contribution in [3.8, 4) is 0 Å². The molecular weight excluding hydrogens is 186 g/mol. The van der Waals surface area contributed by atoms with Crippen LogP contribution in [0.3, 0.4) is 0 Å². The maximum atomic E-state index is 10.2. The monoisotopic (exact) mass is 189 g/mol. The number of aromatic carboxylic acids is 1. The standard InChI is InChI=1S/C5H4BrNO2/c6-3-1-2-7-4(3)5(8)9/h1-2,7H,(H,8,9). The van der Waals surface area contributed by atoms with Crippen molar-refractivity contribution in [1.29, 1.82) is 0 Å². The molecule has 0 fully saturated rings. The summed E-state index contributed by atoms with van der Waals surface area (Å²) in [5.41, 5.74) is 0.190. The molecule has 1 aromatic rings. The van der Waals surface area contributed by atoms with Crippen molar-refractivity contribution in [2.45, 2.75) is 0 Å². The first-order chi connectivity index (χ1) is 4.22. The second-order valence-corrected chi connectivity index (χ2v) is 2.36. The first-order valence-corrected chi connectivity index (χ1v) is 3.07. The average Bonchev–Trinajstić information content (AvgIpc) is 2.13. The summed E-state index contributed by atoms with van der Waals surface area (Å²) in [6.07, 6.45) is 1.56. The van der Waals surface area contributed by atoms with Crippen LogP contribution in [0.25, 0.3) is 0 Å². The first-order valence-electron chi connectivity index (χ1n) is 2.28. The number of rotatable bonds is 1. The fourth-order valence-corrected chi connectivity index (χ4v) is 0.931. The molecule has 4 heteroatoms. The van der Waals surface area contributed by atoms with E-state index >= 15 is 0 Å². The van der Waals surface area contributed by atoms with Crippen molar-refractivity contribution in [3.05, 3.63) is 22.4 Å². The molecule has 1 rings (SSSR count). The molecule has 0 bridgehead atoms. The van der Waals surface area contributed by atoms with E-state index < -0.39 is 5.97 Å². The summed E-state index contributed by atoms with van der Waals surface area (Å²) < 4.78 is 0.579. The van der Waals surface area contributed by atoms with E-state index in [9.17, 15) is 4.79 Å². The SMILES string of the molecule is O=C(O)c1[nH]ccc1Br. The molecule has 0 aromatic carbocycles. The molecule has 0 spiro atoms. The van der Waals surface area contributed by atoms with Gasteiger partial charge in [-0.25, -0.2) is 4.79 Å². The molecule has 0 atom stereocenters. The van der Waals surface area contributed by atoms with Gasteiger partial charge in [0.1, 0.15) is 5.69 Å². The number of nitrogens with one attached hydrogen (secondary N) is 1. The molecule has 3 nitrogen and oxygen atoms in total. The molecule has 0 amide bonds. The molecule has 0 saturated heterocycles. The van der Waals surface area contributed by atoms with E-state index in [2.05, 4.69) is 20.9 Å². The lowest BCUT2D eigenvalue weighted by Gasteiger charge is -1.85. The van der Waals surface area contributed by atoms with Crippen molar-refractivity contribution in [3.63, 3.8) is 0 Å². The average molecular weight is 190 g/mol. The topological polar surface area (TPSA) is 53.1 Å². The fourth-order valence-electron chi connectivity index (χ4n) is 0.514. The predicted octanol–water partition coefficient (Wildman–Crippen LogP) is 1.48. The quantitative estimate of drug-likeness (QED) is 0.704. The molecule has 1 aromatic heterocycles. The normalized spacial score (nSPS) is 9.44. The van der Waals surface area contributed by atoms with Gasteiger partial charge < -0.3 is 10.1 Å². The van der Waals surface area contributed by atoms with Crippen LogP contribution in [0.2, 0.25) is 0 Å². The lowest BCUT2D eigenvalue weighted by atomic mass is 10.4. The Hall–Kier alpha value is -0.770. The molecule has 0 unspecified atom stereocenters. The summed E-state index contributed by atoms with van der Waals surface area (Å²) in [7, 11) is 0. The Labute approximate surface area is 59.8 Å². The minimum atomic E-state index is -0.952. The summed E-state index contributed by atoms with van der Waals surface area (Å²) in [6, 6.07) is 1.64. The Morgan fingerprint density at radius 1 is 1.78 bits per heavy atom. The number of halogens is 1. The molecule has 2 N–H and O–H groups in total. The number of hydrogen-bond donors (Lipinski definition) is 2. The Kier molecular flexibility index (Phi) is 1.57. The number of carboxylic acids is 1. The van der Waals surface area contributed by atoms with Crippen LogP contribution in [0.1, 0.15) is 10.5 Å². The van der Waals surface area contributed by atoms with Gasteiger partial charge in [-0.3, -0.25) is 0 Å². The Bertz CT molecular complexity index is 231. The zero-order valence-electron chi connectivity index (χ0n) is 4.39. The zero-order chi connectivity index (χ0) is 6.85. The van der Waals surface area contributed by atoms with Crippen LogP contribution in [0.15, 0.2) is 16.7 Å². The number of H-pyrrole nitrogens is 1. The molecule has 0 aliphatic rings. The van der Waals surface area contributed by atoms with E-state index in [1.165, 1.54) is 0 Å². The predicted molar refractivity (Wildman–Crippen MR) is 35.5 cm³/mol. The van der Waals surface area contributed by atoms with Gasteiger partial charge in [0.15, 0.2) is 0 Å². The van der Waals surface area contributed by atoms with Gasteiger partial charge in [0.05, 0.1) is 0 Å². The summed E-state index contributed by atoms with van der Waals surface area (Å²) in [6.45, 7) is 0. The second kappa shape index (κ2) is 2.23. The molecule has 0 aliphatic heterocycles. The molecule has 0 aliphatic carbocycles. The van der Waals surface area contributed by atoms with E-state index in [0.29, 0.717) is 4.47 Å². The van der Waals surface area contributed by atoms with E-state index in [-0.39, 0.29) is 5.69 Å². The maximum Gasteiger partial charge on any atom is 0.353 e. The van der Waals surface area contributed by atoms with Crippen LogP contribution in [0.4, 0.5) is 0 Å². The van der Waals surface area contributed by atoms with Crippen LogP contribution in [0, 0.1) is 0 Å². The van der Waals surface area contributed by atoms with Crippen molar-refractivity contribution in [2.24, 2.45) is 0 Å². The van der Waals surface area contributed by atoms with Gasteiger partial charge in [0.25, 0.3) is 0 Å². The maximum absolute atomic E-state index is 10.2. The highest BCUT2D eigenvalue weighted by molar-refractivity contribution is 9.10. The minimum Gasteiger partial charge on any atom is -0.477 e. The van der Waals surface area contributed by atoms with E-state index in [0.717, 1.165) is 0 Å². The summed E-state index contributed by atoms with van der Waals surface area (Å²) in [5.74, 6) is -0.952. The van der Waals surface area contributed by atoms with Crippen molar-refractivity contribution in [1.82, 2.24) is 4.98 Å². The van der Waals surface area contributed by atoms with Crippen molar-refractivity contribution < 1.29 is 9.90 Å². The highest BCUT2D eigenvalue weighted by atomic mass is 79.9. The number of carboxylic acid groups (broad SMARTS) is 1. The smallest absolute Gasteiger partial charge is 0.353 e. The van der Waals surface area contributed by atoms with Crippen molar-refractivity contribution in [2.75, 3.05) is 0 Å². The van der Waals surface area contributed by atoms with E-state index in [1.807, 2.05) is 0 Å². The Balaban J connectivity index is 3.08. The Morgan fingerprint density at radius 2 is 2.44 bits per heavy atom. The number of carbonyl (C=O) groups is 1. The van der Waals surface area contributed by atoms with Gasteiger partial charge in [-0.05, 0) is 22.0 Å². The third-order valence-electron chi connectivity index (χ3n) is 0.910. The first kappa shape index (κ1) is 6.35. The van der Waals surface area contributed by atoms with Gasteiger partial charge in [-0.1, -0.05) is 0 Å². The number of aromatic amines is 1. The van der Waals surface area contributed by atoms with Crippen molar-refractivity contribution >= 4 is 21.9 Å². The van der Waals surface area contributed by atoms with Gasteiger partial charge in [-0.15, -0.1) is 0 Å². The zero-order valence-corrected chi connectivity index (χ0v) is 5.97. The van der Waals surface area contributed by atoms with Gasteiger partial charge in [-0.2, -0.15) is 0 Å². The Morgan fingerprint density at radius 3 is 2.67 bits per heavy atom. The van der Waals surface area contributed by atoms with E-state index in [1.54, 1.807) is 12.3 Å². The molecule has 0 radical (unpaired) electrons. The minimum absolute atomic E-state index is 0.190. The fraction of sp³-hybridized carbons (Fsp3) is 0. The van der Waals surface area contributed by atoms with Crippen LogP contribution < -0.4 is 0 Å². The lowest BCUT2D eigenvalue weighted by molar-refractivity contribution is 0.0690. The van der Waals surface area contributed by atoms with E-state index in [4.69, 9.17) is 5.11 Å². The van der Waals surface area contributed by atoms with Crippen LogP contribution in [-0.2, 0) is 0 Å². The van der Waals surface area contributed by atoms with Gasteiger partial charge >= 0.3 is 5.97 Å². The highest BCUT2D eigenvalue weighted by Gasteiger charge is 2.06. The van der Waals surface area contributed by atoms with Crippen LogP contribution in [-0.4, -0.2) is 16.1 Å². The third-order valence-corrected chi connectivity index (χ3v) is 1.57.